The zero-order chi connectivity index (χ0) is 18.0. The van der Waals surface area contributed by atoms with Crippen LogP contribution >= 0.6 is 11.6 Å². The van der Waals surface area contributed by atoms with Crippen molar-refractivity contribution < 1.29 is 14.3 Å². The summed E-state index contributed by atoms with van der Waals surface area (Å²) in [6.45, 7) is 4.23. The van der Waals surface area contributed by atoms with E-state index in [0.29, 0.717) is 27.7 Å². The molecule has 0 aromatic heterocycles. The number of rotatable bonds is 5. The van der Waals surface area contributed by atoms with Crippen molar-refractivity contribution in [2.24, 2.45) is 0 Å². The molecule has 0 saturated carbocycles. The van der Waals surface area contributed by atoms with Crippen LogP contribution in [0.25, 0.3) is 5.70 Å². The number of ether oxygens (including phenoxy) is 1. The van der Waals surface area contributed by atoms with Gasteiger partial charge in [-0.3, -0.25) is 9.59 Å². The first kappa shape index (κ1) is 17.0. The van der Waals surface area contributed by atoms with Gasteiger partial charge in [0.1, 0.15) is 5.75 Å². The van der Waals surface area contributed by atoms with Gasteiger partial charge < -0.3 is 15.0 Å². The molecule has 1 N–H and O–H groups in total. The average molecular weight is 357 g/mol. The van der Waals surface area contributed by atoms with E-state index < -0.39 is 0 Å². The Labute approximate surface area is 150 Å². The first-order valence-electron chi connectivity index (χ1n) is 7.75. The van der Waals surface area contributed by atoms with Crippen molar-refractivity contribution in [3.63, 3.8) is 0 Å². The topological polar surface area (TPSA) is 58.6 Å². The summed E-state index contributed by atoms with van der Waals surface area (Å²) in [7, 11) is 1.53. The highest BCUT2D eigenvalue weighted by molar-refractivity contribution is 6.32. The maximum Gasteiger partial charge on any atom is 0.258 e. The van der Waals surface area contributed by atoms with E-state index in [9.17, 15) is 9.59 Å². The zero-order valence-corrected chi connectivity index (χ0v) is 14.5. The van der Waals surface area contributed by atoms with Crippen molar-refractivity contribution >= 4 is 34.8 Å². The average Bonchev–Trinajstić information content (AvgIpc) is 2.85. The molecule has 25 heavy (non-hydrogen) atoms. The van der Waals surface area contributed by atoms with Crippen LogP contribution < -0.4 is 10.1 Å². The van der Waals surface area contributed by atoms with Crippen LogP contribution in [0.15, 0.2) is 49.0 Å². The van der Waals surface area contributed by atoms with E-state index in [1.54, 1.807) is 24.3 Å². The molecule has 6 heteroatoms. The molecule has 0 bridgehead atoms. The molecule has 0 spiro atoms. The summed E-state index contributed by atoms with van der Waals surface area (Å²) in [5.74, 6) is 0.204. The van der Waals surface area contributed by atoms with Gasteiger partial charge in [-0.15, -0.1) is 0 Å². The number of benzene rings is 2. The van der Waals surface area contributed by atoms with E-state index >= 15 is 0 Å². The van der Waals surface area contributed by atoms with Gasteiger partial charge in [-0.05, 0) is 24.3 Å². The number of amides is 2. The van der Waals surface area contributed by atoms with E-state index in [2.05, 4.69) is 11.9 Å². The van der Waals surface area contributed by atoms with E-state index in [1.807, 2.05) is 18.2 Å². The Morgan fingerprint density at radius 3 is 2.60 bits per heavy atom. The molecule has 2 amide bonds. The molecule has 0 unspecified atom stereocenters. The zero-order valence-electron chi connectivity index (χ0n) is 13.7. The molecule has 3 rings (SSSR count). The lowest BCUT2D eigenvalue weighted by molar-refractivity contribution is -0.116. The van der Waals surface area contributed by atoms with Crippen LogP contribution in [0.5, 0.6) is 5.75 Å². The maximum absolute atomic E-state index is 12.4. The predicted octanol–water partition coefficient (Wildman–Crippen LogP) is 3.80. The molecule has 1 heterocycles. The van der Waals surface area contributed by atoms with Gasteiger partial charge in [-0.1, -0.05) is 36.4 Å². The number of halogens is 1. The summed E-state index contributed by atoms with van der Waals surface area (Å²) in [5.41, 5.74) is 2.64. The molecule has 0 fully saturated rings. The van der Waals surface area contributed by atoms with E-state index in [-0.39, 0.29) is 24.8 Å². The number of anilines is 1. The lowest BCUT2D eigenvalue weighted by Gasteiger charge is -2.17. The Morgan fingerprint density at radius 2 is 1.96 bits per heavy atom. The number of hydrogen-bond acceptors (Lipinski definition) is 3. The minimum atomic E-state index is -0.210. The molecule has 128 valence electrons. The number of carbonyl (C=O) groups is 2. The van der Waals surface area contributed by atoms with E-state index in [0.717, 1.165) is 5.56 Å². The third-order valence-corrected chi connectivity index (χ3v) is 4.33. The summed E-state index contributed by atoms with van der Waals surface area (Å²) in [6.07, 6.45) is 0.155. The number of carbonyl (C=O) groups excluding carboxylic acids is 2. The monoisotopic (exact) mass is 356 g/mol. The second-order valence-corrected chi connectivity index (χ2v) is 6.00. The molecular weight excluding hydrogens is 340 g/mol. The fourth-order valence-electron chi connectivity index (χ4n) is 2.75. The first-order valence-corrected chi connectivity index (χ1v) is 8.12. The van der Waals surface area contributed by atoms with Crippen LogP contribution in [-0.2, 0) is 4.79 Å². The Hall–Kier alpha value is -2.79. The van der Waals surface area contributed by atoms with Crippen LogP contribution in [0.4, 0.5) is 5.69 Å². The predicted molar refractivity (Wildman–Crippen MR) is 97.8 cm³/mol. The van der Waals surface area contributed by atoms with Crippen molar-refractivity contribution in [3.8, 4) is 5.75 Å². The highest BCUT2D eigenvalue weighted by atomic mass is 35.5. The fraction of sp³-hybridized carbons (Fsp3) is 0.158. The fourth-order valence-corrected chi connectivity index (χ4v) is 3.01. The lowest BCUT2D eigenvalue weighted by atomic mass is 10.1. The largest absolute Gasteiger partial charge is 0.495 e. The Kier molecular flexibility index (Phi) is 4.76. The molecule has 1 aliphatic heterocycles. The van der Waals surface area contributed by atoms with Crippen molar-refractivity contribution in [1.29, 1.82) is 0 Å². The molecule has 0 atom stereocenters. The SMILES string of the molecule is C=C1c2ccccc2C(=O)N1CCC(=O)Nc1ccc(OC)c(Cl)c1. The van der Waals surface area contributed by atoms with Crippen LogP contribution in [0.3, 0.4) is 0 Å². The highest BCUT2D eigenvalue weighted by Gasteiger charge is 2.30. The molecule has 5 nitrogen and oxygen atoms in total. The number of methoxy groups -OCH3 is 1. The summed E-state index contributed by atoms with van der Waals surface area (Å²) in [4.78, 5) is 26.1. The molecule has 0 radical (unpaired) electrons. The van der Waals surface area contributed by atoms with Gasteiger partial charge in [0, 0.05) is 35.5 Å². The van der Waals surface area contributed by atoms with Gasteiger partial charge in [-0.2, -0.15) is 0 Å². The van der Waals surface area contributed by atoms with Crippen molar-refractivity contribution in [2.75, 3.05) is 19.0 Å². The number of nitrogens with one attached hydrogen (secondary N) is 1. The number of nitrogens with zero attached hydrogens (tertiary/aromatic N) is 1. The number of hydrogen-bond donors (Lipinski definition) is 1. The van der Waals surface area contributed by atoms with E-state index in [1.165, 1.54) is 12.0 Å². The van der Waals surface area contributed by atoms with Crippen molar-refractivity contribution in [1.82, 2.24) is 4.90 Å². The second kappa shape index (κ2) is 6.99. The molecule has 2 aromatic rings. The number of fused-ring (bicyclic) bond motifs is 1. The minimum absolute atomic E-state index is 0.124. The van der Waals surface area contributed by atoms with Crippen molar-refractivity contribution in [3.05, 3.63) is 65.2 Å². The van der Waals surface area contributed by atoms with Crippen LogP contribution in [0.2, 0.25) is 5.02 Å². The normalized spacial score (nSPS) is 13.0. The quantitative estimate of drug-likeness (QED) is 0.886. The van der Waals surface area contributed by atoms with Gasteiger partial charge in [0.05, 0.1) is 12.1 Å². The summed E-state index contributed by atoms with van der Waals surface area (Å²) < 4.78 is 5.08. The first-order chi connectivity index (χ1) is 12.0. The van der Waals surface area contributed by atoms with Crippen LogP contribution in [0.1, 0.15) is 22.3 Å². The second-order valence-electron chi connectivity index (χ2n) is 5.60. The van der Waals surface area contributed by atoms with Crippen LogP contribution in [-0.4, -0.2) is 30.4 Å². The van der Waals surface area contributed by atoms with Gasteiger partial charge in [0.15, 0.2) is 0 Å². The van der Waals surface area contributed by atoms with Gasteiger partial charge in [0.25, 0.3) is 5.91 Å². The Morgan fingerprint density at radius 1 is 1.24 bits per heavy atom. The third-order valence-electron chi connectivity index (χ3n) is 4.04. The Balaban J connectivity index is 1.61. The molecular formula is C19H17ClN2O3. The molecule has 1 aliphatic rings. The Bertz CT molecular complexity index is 828. The maximum atomic E-state index is 12.4. The third kappa shape index (κ3) is 3.37. The molecule has 2 aromatic carbocycles. The van der Waals surface area contributed by atoms with E-state index in [4.69, 9.17) is 16.3 Å². The highest BCUT2D eigenvalue weighted by Crippen LogP contribution is 2.31. The lowest BCUT2D eigenvalue weighted by Crippen LogP contribution is -2.27. The summed E-state index contributed by atoms with van der Waals surface area (Å²) in [5, 5.41) is 3.18. The van der Waals surface area contributed by atoms with Gasteiger partial charge in [0.2, 0.25) is 5.91 Å². The van der Waals surface area contributed by atoms with Gasteiger partial charge in [-0.25, -0.2) is 0 Å². The smallest absolute Gasteiger partial charge is 0.258 e. The summed E-state index contributed by atoms with van der Waals surface area (Å²) >= 11 is 6.04. The molecule has 0 aliphatic carbocycles. The standard InChI is InChI=1S/C19H17ClN2O3/c1-12-14-5-3-4-6-15(14)19(24)22(12)10-9-18(23)21-13-7-8-17(25-2)16(20)11-13/h3-8,11H,1,9-10H2,2H3,(H,21,23). The van der Waals surface area contributed by atoms with Crippen LogP contribution in [0, 0.1) is 0 Å². The van der Waals surface area contributed by atoms with Crippen molar-refractivity contribution in [2.45, 2.75) is 6.42 Å². The summed E-state index contributed by atoms with van der Waals surface area (Å²) in [6, 6.07) is 12.3. The van der Waals surface area contributed by atoms with Gasteiger partial charge >= 0.3 is 0 Å². The molecule has 0 saturated heterocycles. The minimum Gasteiger partial charge on any atom is -0.495 e.